The highest BCUT2D eigenvalue weighted by Gasteiger charge is 2.34. The second-order valence-corrected chi connectivity index (χ2v) is 11.9. The van der Waals surface area contributed by atoms with Crippen molar-refractivity contribution in [1.82, 2.24) is 10.2 Å². The van der Waals surface area contributed by atoms with Crippen molar-refractivity contribution in [3.05, 3.63) is 88.9 Å². The van der Waals surface area contributed by atoms with Gasteiger partial charge in [0.05, 0.1) is 17.7 Å². The molecule has 214 valence electrons. The average molecular weight is 586 g/mol. The second kappa shape index (κ2) is 13.7. The van der Waals surface area contributed by atoms with Crippen molar-refractivity contribution in [3.63, 3.8) is 0 Å². The normalized spacial score (nSPS) is 12.8. The van der Waals surface area contributed by atoms with Crippen LogP contribution in [-0.4, -0.2) is 50.9 Å². The molecular weight excluding hydrogens is 550 g/mol. The van der Waals surface area contributed by atoms with Gasteiger partial charge < -0.3 is 15.0 Å². The number of ether oxygens (including phenoxy) is 1. The number of carbonyl (C=O) groups is 2. The molecule has 3 aromatic rings. The van der Waals surface area contributed by atoms with Crippen LogP contribution in [0.2, 0.25) is 5.02 Å². The van der Waals surface area contributed by atoms with Gasteiger partial charge in [0.15, 0.2) is 0 Å². The maximum Gasteiger partial charge on any atom is 0.264 e. The van der Waals surface area contributed by atoms with E-state index < -0.39 is 28.5 Å². The Bertz CT molecular complexity index is 1430. The SMILES string of the molecule is CC[C@H](C)NC(=O)[C@H](C)N(Cc1cccc(Cl)c1)C(=O)CN(c1cc(C)ccc1OC)S(=O)(=O)c1ccccc1. The zero-order valence-corrected chi connectivity index (χ0v) is 25.0. The van der Waals surface area contributed by atoms with Gasteiger partial charge in [-0.2, -0.15) is 0 Å². The Balaban J connectivity index is 2.08. The molecule has 0 saturated carbocycles. The van der Waals surface area contributed by atoms with Gasteiger partial charge in [-0.05, 0) is 74.7 Å². The lowest BCUT2D eigenvalue weighted by atomic mass is 10.1. The van der Waals surface area contributed by atoms with E-state index in [9.17, 15) is 18.0 Å². The predicted molar refractivity (Wildman–Crippen MR) is 158 cm³/mol. The summed E-state index contributed by atoms with van der Waals surface area (Å²) in [6.07, 6.45) is 0.719. The van der Waals surface area contributed by atoms with Gasteiger partial charge in [0.1, 0.15) is 18.3 Å². The zero-order chi connectivity index (χ0) is 29.4. The van der Waals surface area contributed by atoms with Gasteiger partial charge in [-0.15, -0.1) is 0 Å². The summed E-state index contributed by atoms with van der Waals surface area (Å²) >= 11 is 6.19. The maximum atomic E-state index is 14.0. The summed E-state index contributed by atoms with van der Waals surface area (Å²) in [4.78, 5) is 28.6. The molecule has 0 heterocycles. The molecule has 0 radical (unpaired) electrons. The predicted octanol–water partition coefficient (Wildman–Crippen LogP) is 5.18. The number of benzene rings is 3. The summed E-state index contributed by atoms with van der Waals surface area (Å²) in [6.45, 7) is 6.78. The van der Waals surface area contributed by atoms with Crippen LogP contribution >= 0.6 is 11.6 Å². The van der Waals surface area contributed by atoms with E-state index in [0.29, 0.717) is 16.3 Å². The molecule has 0 aliphatic carbocycles. The summed E-state index contributed by atoms with van der Waals surface area (Å²) in [5, 5.41) is 3.40. The molecule has 8 nitrogen and oxygen atoms in total. The van der Waals surface area contributed by atoms with Crippen molar-refractivity contribution in [2.24, 2.45) is 0 Å². The molecule has 3 aromatic carbocycles. The number of methoxy groups -OCH3 is 1. The number of sulfonamides is 1. The first-order valence-corrected chi connectivity index (χ1v) is 14.9. The van der Waals surface area contributed by atoms with Crippen LogP contribution in [0.25, 0.3) is 0 Å². The smallest absolute Gasteiger partial charge is 0.264 e. The maximum absolute atomic E-state index is 14.0. The van der Waals surface area contributed by atoms with Crippen LogP contribution in [0.4, 0.5) is 5.69 Å². The highest BCUT2D eigenvalue weighted by molar-refractivity contribution is 7.92. The summed E-state index contributed by atoms with van der Waals surface area (Å²) in [5.41, 5.74) is 1.71. The van der Waals surface area contributed by atoms with Gasteiger partial charge >= 0.3 is 0 Å². The van der Waals surface area contributed by atoms with Crippen LogP contribution in [0.15, 0.2) is 77.7 Å². The van der Waals surface area contributed by atoms with E-state index in [1.54, 1.807) is 67.6 Å². The number of amides is 2. The van der Waals surface area contributed by atoms with Crippen LogP contribution in [0.1, 0.15) is 38.3 Å². The fourth-order valence-electron chi connectivity index (χ4n) is 4.11. The summed E-state index contributed by atoms with van der Waals surface area (Å²) in [7, 11) is -2.76. The molecule has 40 heavy (non-hydrogen) atoms. The molecular formula is C30H36ClN3O5S. The standard InChI is InChI=1S/C30H36ClN3O5S/c1-6-22(3)32-30(36)23(4)33(19-24-11-10-12-25(31)18-24)29(35)20-34(27-17-21(2)15-16-28(27)39-5)40(37,38)26-13-8-7-9-14-26/h7-18,22-23H,6,19-20H2,1-5H3,(H,32,36)/t22-,23-/m0/s1. The summed E-state index contributed by atoms with van der Waals surface area (Å²) in [6, 6.07) is 19.0. The lowest BCUT2D eigenvalue weighted by Crippen LogP contribution is -2.52. The summed E-state index contributed by atoms with van der Waals surface area (Å²) < 4.78 is 34.5. The van der Waals surface area contributed by atoms with Crippen LogP contribution in [0.3, 0.4) is 0 Å². The molecule has 0 aromatic heterocycles. The van der Waals surface area contributed by atoms with Gasteiger partial charge in [0.2, 0.25) is 11.8 Å². The van der Waals surface area contributed by atoms with Crippen molar-refractivity contribution >= 4 is 39.1 Å². The van der Waals surface area contributed by atoms with Gasteiger partial charge in [0.25, 0.3) is 10.0 Å². The number of hydrogen-bond acceptors (Lipinski definition) is 5. The third-order valence-corrected chi connectivity index (χ3v) is 8.63. The second-order valence-electron chi connectivity index (χ2n) is 9.65. The molecule has 0 fully saturated rings. The van der Waals surface area contributed by atoms with E-state index in [0.717, 1.165) is 16.3 Å². The molecule has 0 unspecified atom stereocenters. The van der Waals surface area contributed by atoms with Gasteiger partial charge in [-0.25, -0.2) is 8.42 Å². The fourth-order valence-corrected chi connectivity index (χ4v) is 5.76. The molecule has 0 aliphatic rings. The Kier molecular flexibility index (Phi) is 10.6. The molecule has 10 heteroatoms. The van der Waals surface area contributed by atoms with Gasteiger partial charge in [-0.1, -0.05) is 54.9 Å². The Labute approximate surface area is 241 Å². The van der Waals surface area contributed by atoms with Gasteiger partial charge in [-0.3, -0.25) is 13.9 Å². The molecule has 0 saturated heterocycles. The number of halogens is 1. The van der Waals surface area contributed by atoms with Crippen molar-refractivity contribution < 1.29 is 22.7 Å². The van der Waals surface area contributed by atoms with Crippen molar-refractivity contribution in [2.75, 3.05) is 18.0 Å². The molecule has 3 rings (SSSR count). The van der Waals surface area contributed by atoms with E-state index in [1.807, 2.05) is 20.8 Å². The Morgan fingerprint density at radius 2 is 1.70 bits per heavy atom. The molecule has 0 aliphatic heterocycles. The highest BCUT2D eigenvalue weighted by atomic mass is 35.5. The average Bonchev–Trinajstić information content (AvgIpc) is 2.94. The Morgan fingerprint density at radius 3 is 2.33 bits per heavy atom. The molecule has 1 N–H and O–H groups in total. The third kappa shape index (κ3) is 7.55. The lowest BCUT2D eigenvalue weighted by Gasteiger charge is -2.33. The Hall–Kier alpha value is -3.56. The minimum Gasteiger partial charge on any atom is -0.495 e. The molecule has 0 spiro atoms. The lowest BCUT2D eigenvalue weighted by molar-refractivity contribution is -0.139. The van der Waals surface area contributed by atoms with Crippen molar-refractivity contribution in [2.45, 2.75) is 57.6 Å². The van der Waals surface area contributed by atoms with Crippen LogP contribution < -0.4 is 14.4 Å². The summed E-state index contributed by atoms with van der Waals surface area (Å²) in [5.74, 6) is -0.605. The van der Waals surface area contributed by atoms with E-state index in [-0.39, 0.29) is 29.1 Å². The van der Waals surface area contributed by atoms with Gasteiger partial charge in [0, 0.05) is 17.6 Å². The molecule has 0 bridgehead atoms. The number of anilines is 1. The molecule has 2 atom stereocenters. The number of rotatable bonds is 12. The van der Waals surface area contributed by atoms with Crippen LogP contribution in [-0.2, 0) is 26.2 Å². The van der Waals surface area contributed by atoms with Crippen LogP contribution in [0.5, 0.6) is 5.75 Å². The number of hydrogen-bond donors (Lipinski definition) is 1. The van der Waals surface area contributed by atoms with Crippen molar-refractivity contribution in [3.8, 4) is 5.75 Å². The number of nitrogens with zero attached hydrogens (tertiary/aromatic N) is 2. The van der Waals surface area contributed by atoms with E-state index in [4.69, 9.17) is 16.3 Å². The number of nitrogens with one attached hydrogen (secondary N) is 1. The van der Waals surface area contributed by atoms with E-state index in [2.05, 4.69) is 5.32 Å². The first-order valence-electron chi connectivity index (χ1n) is 13.0. The largest absolute Gasteiger partial charge is 0.495 e. The van der Waals surface area contributed by atoms with E-state index >= 15 is 0 Å². The number of aryl methyl sites for hydroxylation is 1. The topological polar surface area (TPSA) is 96.0 Å². The van der Waals surface area contributed by atoms with Crippen molar-refractivity contribution in [1.29, 1.82) is 0 Å². The van der Waals surface area contributed by atoms with E-state index in [1.165, 1.54) is 24.1 Å². The first-order chi connectivity index (χ1) is 19.0. The number of carbonyl (C=O) groups excluding carboxylic acids is 2. The molecule has 2 amide bonds. The minimum absolute atomic E-state index is 0.0234. The quantitative estimate of drug-likeness (QED) is 0.316. The Morgan fingerprint density at radius 1 is 1.00 bits per heavy atom. The monoisotopic (exact) mass is 585 g/mol. The fraction of sp³-hybridized carbons (Fsp3) is 0.333. The highest BCUT2D eigenvalue weighted by Crippen LogP contribution is 2.33. The first kappa shape index (κ1) is 31.0. The van der Waals surface area contributed by atoms with Crippen LogP contribution in [0, 0.1) is 6.92 Å². The third-order valence-electron chi connectivity index (χ3n) is 6.62. The minimum atomic E-state index is -4.20. The zero-order valence-electron chi connectivity index (χ0n) is 23.4.